The van der Waals surface area contributed by atoms with Gasteiger partial charge in [0.1, 0.15) is 0 Å². The third-order valence-corrected chi connectivity index (χ3v) is 4.25. The van der Waals surface area contributed by atoms with E-state index in [1.54, 1.807) is 0 Å². The van der Waals surface area contributed by atoms with Gasteiger partial charge in [-0.25, -0.2) is 0 Å². The van der Waals surface area contributed by atoms with Crippen LogP contribution in [-0.2, 0) is 9.59 Å². The molecule has 0 saturated carbocycles. The van der Waals surface area contributed by atoms with E-state index in [0.717, 1.165) is 23.4 Å². The fourth-order valence-corrected chi connectivity index (χ4v) is 2.72. The van der Waals surface area contributed by atoms with Crippen LogP contribution < -0.4 is 10.6 Å². The largest absolute Gasteiger partial charge is 0.325 e. The molecule has 0 bridgehead atoms. The third-order valence-electron chi connectivity index (χ3n) is 4.25. The number of hydrogen-bond donors (Lipinski definition) is 2. The van der Waals surface area contributed by atoms with E-state index in [2.05, 4.69) is 10.6 Å². The topological polar surface area (TPSA) is 61.4 Å². The van der Waals surface area contributed by atoms with Gasteiger partial charge in [-0.3, -0.25) is 14.5 Å². The maximum Gasteiger partial charge on any atom is 0.241 e. The number of anilines is 2. The van der Waals surface area contributed by atoms with Gasteiger partial charge in [0.2, 0.25) is 11.8 Å². The third kappa shape index (κ3) is 5.70. The monoisotopic (exact) mass is 353 g/mol. The summed E-state index contributed by atoms with van der Waals surface area (Å²) in [5.41, 5.74) is 2.57. The zero-order chi connectivity index (χ0) is 18.9. The van der Waals surface area contributed by atoms with Gasteiger partial charge in [0, 0.05) is 11.4 Å². The minimum absolute atomic E-state index is 0.117. The van der Waals surface area contributed by atoms with E-state index in [4.69, 9.17) is 0 Å². The molecule has 26 heavy (non-hydrogen) atoms. The Morgan fingerprint density at radius 2 is 1.65 bits per heavy atom. The lowest BCUT2D eigenvalue weighted by molar-refractivity contribution is -0.123. The van der Waals surface area contributed by atoms with Crippen LogP contribution in [0.2, 0.25) is 0 Å². The molecule has 0 heterocycles. The van der Waals surface area contributed by atoms with Crippen molar-refractivity contribution in [2.75, 3.05) is 23.7 Å². The van der Waals surface area contributed by atoms with Crippen LogP contribution in [0.25, 0.3) is 0 Å². The van der Waals surface area contributed by atoms with Gasteiger partial charge in [-0.05, 0) is 50.6 Å². The van der Waals surface area contributed by atoms with E-state index in [9.17, 15) is 9.59 Å². The molecule has 2 amide bonds. The van der Waals surface area contributed by atoms with Gasteiger partial charge in [0.25, 0.3) is 0 Å². The summed E-state index contributed by atoms with van der Waals surface area (Å²) in [5, 5.41) is 5.83. The van der Waals surface area contributed by atoms with E-state index in [-0.39, 0.29) is 18.4 Å². The first-order valence-electron chi connectivity index (χ1n) is 8.96. The normalized spacial score (nSPS) is 11.8. The van der Waals surface area contributed by atoms with Crippen molar-refractivity contribution in [3.8, 4) is 0 Å². The highest BCUT2D eigenvalue weighted by Crippen LogP contribution is 2.14. The molecule has 0 aliphatic carbocycles. The number of nitrogens with one attached hydrogen (secondary N) is 2. The molecule has 1 atom stereocenters. The second-order valence-corrected chi connectivity index (χ2v) is 6.36. The number of hydrogen-bond acceptors (Lipinski definition) is 3. The van der Waals surface area contributed by atoms with Crippen molar-refractivity contribution in [1.29, 1.82) is 0 Å². The molecule has 138 valence electrons. The molecule has 0 saturated heterocycles. The average Bonchev–Trinajstić information content (AvgIpc) is 2.63. The zero-order valence-corrected chi connectivity index (χ0v) is 15.7. The Hall–Kier alpha value is -2.66. The summed E-state index contributed by atoms with van der Waals surface area (Å²) in [4.78, 5) is 26.9. The van der Waals surface area contributed by atoms with E-state index in [1.165, 1.54) is 0 Å². The van der Waals surface area contributed by atoms with E-state index in [0.29, 0.717) is 6.54 Å². The highest BCUT2D eigenvalue weighted by atomic mass is 16.2. The van der Waals surface area contributed by atoms with Gasteiger partial charge in [-0.2, -0.15) is 0 Å². The average molecular weight is 353 g/mol. The summed E-state index contributed by atoms with van der Waals surface area (Å²) in [6.45, 7) is 6.66. The van der Waals surface area contributed by atoms with Crippen molar-refractivity contribution >= 4 is 23.2 Å². The number of para-hydroxylation sites is 2. The SMILES string of the molecule is CCCN(CC(=O)Nc1ccccc1C)C(C)C(=O)Nc1ccccc1. The van der Waals surface area contributed by atoms with Crippen LogP contribution in [0.3, 0.4) is 0 Å². The fraction of sp³-hybridized carbons (Fsp3) is 0.333. The Kier molecular flexibility index (Phi) is 7.36. The van der Waals surface area contributed by atoms with Gasteiger partial charge in [-0.15, -0.1) is 0 Å². The highest BCUT2D eigenvalue weighted by molar-refractivity contribution is 5.96. The van der Waals surface area contributed by atoms with Crippen molar-refractivity contribution in [3.63, 3.8) is 0 Å². The summed E-state index contributed by atoms with van der Waals surface area (Å²) in [5.74, 6) is -0.236. The number of amides is 2. The maximum absolute atomic E-state index is 12.5. The van der Waals surface area contributed by atoms with Crippen LogP contribution in [0, 0.1) is 6.92 Å². The quantitative estimate of drug-likeness (QED) is 0.761. The van der Waals surface area contributed by atoms with Crippen molar-refractivity contribution in [2.24, 2.45) is 0 Å². The van der Waals surface area contributed by atoms with Gasteiger partial charge in [0.15, 0.2) is 0 Å². The summed E-state index contributed by atoms with van der Waals surface area (Å²) >= 11 is 0. The Labute approximate surface area is 155 Å². The fourth-order valence-electron chi connectivity index (χ4n) is 2.72. The first-order chi connectivity index (χ1) is 12.5. The summed E-state index contributed by atoms with van der Waals surface area (Å²) < 4.78 is 0. The van der Waals surface area contributed by atoms with Crippen molar-refractivity contribution in [2.45, 2.75) is 33.2 Å². The molecule has 0 fully saturated rings. The molecule has 5 heteroatoms. The Morgan fingerprint density at radius 3 is 2.31 bits per heavy atom. The predicted octanol–water partition coefficient (Wildman–Crippen LogP) is 3.67. The molecular formula is C21H27N3O2. The summed E-state index contributed by atoms with van der Waals surface area (Å²) in [6.07, 6.45) is 0.862. The van der Waals surface area contributed by atoms with Gasteiger partial charge >= 0.3 is 0 Å². The molecule has 0 radical (unpaired) electrons. The van der Waals surface area contributed by atoms with E-state index in [1.807, 2.05) is 80.3 Å². The van der Waals surface area contributed by atoms with Crippen molar-refractivity contribution < 1.29 is 9.59 Å². The molecule has 0 aromatic heterocycles. The number of carbonyl (C=O) groups is 2. The molecule has 2 aromatic rings. The van der Waals surface area contributed by atoms with Gasteiger partial charge in [0.05, 0.1) is 12.6 Å². The number of aryl methyl sites for hydroxylation is 1. The summed E-state index contributed by atoms with van der Waals surface area (Å²) in [7, 11) is 0. The number of nitrogens with zero attached hydrogens (tertiary/aromatic N) is 1. The van der Waals surface area contributed by atoms with E-state index < -0.39 is 6.04 Å². The smallest absolute Gasteiger partial charge is 0.241 e. The van der Waals surface area contributed by atoms with Crippen LogP contribution in [-0.4, -0.2) is 35.8 Å². The highest BCUT2D eigenvalue weighted by Gasteiger charge is 2.23. The molecule has 2 aromatic carbocycles. The molecule has 0 spiro atoms. The second-order valence-electron chi connectivity index (χ2n) is 6.36. The molecule has 0 aliphatic heterocycles. The molecule has 2 rings (SSSR count). The Morgan fingerprint density at radius 1 is 1.00 bits per heavy atom. The van der Waals surface area contributed by atoms with Crippen LogP contribution >= 0.6 is 0 Å². The maximum atomic E-state index is 12.5. The predicted molar refractivity (Wildman–Crippen MR) is 106 cm³/mol. The Balaban J connectivity index is 1.99. The first kappa shape index (κ1) is 19.7. The standard InChI is InChI=1S/C21H27N3O2/c1-4-14-24(15-20(25)23-19-13-9-8-10-16(19)2)17(3)21(26)22-18-11-6-5-7-12-18/h5-13,17H,4,14-15H2,1-3H3,(H,22,26)(H,23,25). The van der Waals surface area contributed by atoms with Gasteiger partial charge < -0.3 is 10.6 Å². The molecule has 5 nitrogen and oxygen atoms in total. The van der Waals surface area contributed by atoms with Crippen molar-refractivity contribution in [3.05, 3.63) is 60.2 Å². The van der Waals surface area contributed by atoms with Crippen molar-refractivity contribution in [1.82, 2.24) is 4.90 Å². The van der Waals surface area contributed by atoms with Gasteiger partial charge in [-0.1, -0.05) is 43.3 Å². The van der Waals surface area contributed by atoms with Crippen LogP contribution in [0.4, 0.5) is 11.4 Å². The second kappa shape index (κ2) is 9.73. The zero-order valence-electron chi connectivity index (χ0n) is 15.7. The lowest BCUT2D eigenvalue weighted by Crippen LogP contribution is -2.46. The molecule has 0 aliphatic rings. The molecule has 1 unspecified atom stereocenters. The lowest BCUT2D eigenvalue weighted by atomic mass is 10.2. The minimum Gasteiger partial charge on any atom is -0.325 e. The summed E-state index contributed by atoms with van der Waals surface area (Å²) in [6, 6.07) is 16.6. The van der Waals surface area contributed by atoms with Crippen LogP contribution in [0.15, 0.2) is 54.6 Å². The number of rotatable bonds is 8. The molecular weight excluding hydrogens is 326 g/mol. The van der Waals surface area contributed by atoms with Crippen LogP contribution in [0.5, 0.6) is 0 Å². The Bertz CT molecular complexity index is 731. The minimum atomic E-state index is -0.405. The lowest BCUT2D eigenvalue weighted by Gasteiger charge is -2.27. The first-order valence-corrected chi connectivity index (χ1v) is 8.96. The number of carbonyl (C=O) groups excluding carboxylic acids is 2. The molecule has 2 N–H and O–H groups in total. The number of benzene rings is 2. The van der Waals surface area contributed by atoms with Crippen LogP contribution in [0.1, 0.15) is 25.8 Å². The van der Waals surface area contributed by atoms with E-state index >= 15 is 0 Å².